The molecule has 1 amide bonds. The van der Waals surface area contributed by atoms with Crippen molar-refractivity contribution in [1.82, 2.24) is 14.9 Å². The zero-order valence-corrected chi connectivity index (χ0v) is 27.0. The van der Waals surface area contributed by atoms with Crippen LogP contribution >= 0.6 is 8.38 Å². The number of likely N-dealkylation sites (N-methyl/N-ethyl adjacent to an activating group) is 1. The van der Waals surface area contributed by atoms with Gasteiger partial charge in [0.1, 0.15) is 5.56 Å². The third-order valence-corrected chi connectivity index (χ3v) is 10.5. The maximum absolute atomic E-state index is 14.1. The standard InChI is InChI=1S/C32H41F3N5O4P/c1-5-43-45(44-6-2)19-20-7-9-22(10-8-20)37-30-36-17-25(32(33,34)35)28(39-30)38-26-12-11-23(21-13-15-31(3,42)16-14-21)24-18-40(4)29(41)27(24)26/h7-10,17,21,23,42H,5-6,11-16,18-19H2,1-4H3,(H,36,37,39). The van der Waals surface area contributed by atoms with E-state index in [2.05, 4.69) is 20.3 Å². The Kier molecular flexibility index (Phi) is 10.3. The van der Waals surface area contributed by atoms with Crippen molar-refractivity contribution in [2.75, 3.05) is 32.1 Å². The number of anilines is 2. The number of carbonyl (C=O) groups is 1. The van der Waals surface area contributed by atoms with Crippen LogP contribution in [0.25, 0.3) is 0 Å². The summed E-state index contributed by atoms with van der Waals surface area (Å²) in [4.78, 5) is 27.5. The highest BCUT2D eigenvalue weighted by atomic mass is 31.2. The van der Waals surface area contributed by atoms with Crippen LogP contribution in [0.1, 0.15) is 70.4 Å². The number of nitrogens with one attached hydrogen (secondary N) is 1. The van der Waals surface area contributed by atoms with Crippen LogP contribution in [0.15, 0.2) is 46.6 Å². The molecule has 3 aliphatic rings. The van der Waals surface area contributed by atoms with E-state index < -0.39 is 31.5 Å². The Labute approximate surface area is 263 Å². The number of halogens is 3. The van der Waals surface area contributed by atoms with Gasteiger partial charge in [-0.1, -0.05) is 12.1 Å². The zero-order valence-electron chi connectivity index (χ0n) is 26.2. The number of hydrogen-bond acceptors (Lipinski definition) is 8. The monoisotopic (exact) mass is 647 g/mol. The van der Waals surface area contributed by atoms with Crippen LogP contribution in [0.4, 0.5) is 30.6 Å². The molecule has 1 fully saturated rings. The van der Waals surface area contributed by atoms with Crippen molar-refractivity contribution >= 4 is 37.4 Å². The Bertz CT molecular complexity index is 1430. The quantitative estimate of drug-likeness (QED) is 0.260. The molecule has 2 aromatic rings. The van der Waals surface area contributed by atoms with Gasteiger partial charge in [0, 0.05) is 31.6 Å². The normalized spacial score (nSPS) is 25.0. The Morgan fingerprint density at radius 1 is 1.13 bits per heavy atom. The summed E-state index contributed by atoms with van der Waals surface area (Å²) in [6, 6.07) is 7.37. The van der Waals surface area contributed by atoms with E-state index in [0.717, 1.165) is 30.2 Å². The van der Waals surface area contributed by atoms with E-state index in [9.17, 15) is 23.1 Å². The third kappa shape index (κ3) is 7.91. The van der Waals surface area contributed by atoms with Gasteiger partial charge in [-0.05, 0) is 94.4 Å². The molecule has 45 heavy (non-hydrogen) atoms. The van der Waals surface area contributed by atoms with Gasteiger partial charge >= 0.3 is 6.18 Å². The minimum atomic E-state index is -4.73. The molecule has 1 aromatic heterocycles. The van der Waals surface area contributed by atoms with Gasteiger partial charge in [0.2, 0.25) is 5.95 Å². The summed E-state index contributed by atoms with van der Waals surface area (Å²) in [5.74, 6) is -0.335. The Balaban J connectivity index is 1.41. The summed E-state index contributed by atoms with van der Waals surface area (Å²) < 4.78 is 53.6. The number of carbonyl (C=O) groups excluding carboxylic acids is 1. The molecular formula is C32H41F3N5O4P. The lowest BCUT2D eigenvalue weighted by molar-refractivity contribution is -0.137. The first-order valence-corrected chi connectivity index (χ1v) is 16.9. The van der Waals surface area contributed by atoms with Crippen molar-refractivity contribution in [3.63, 3.8) is 0 Å². The number of alkyl halides is 3. The van der Waals surface area contributed by atoms with Crippen LogP contribution in [0.2, 0.25) is 0 Å². The summed E-state index contributed by atoms with van der Waals surface area (Å²) in [7, 11) is 0.652. The van der Waals surface area contributed by atoms with E-state index in [4.69, 9.17) is 9.05 Å². The molecule has 0 radical (unpaired) electrons. The topological polar surface area (TPSA) is 109 Å². The Hall–Kier alpha value is -2.92. The SMILES string of the molecule is CCOP(Cc1ccc(Nc2ncc(C(F)(F)F)c(N=C3CCC(C4CCC(C)(O)CC4)C4=C3C(=O)N(C)C4)n2)cc1)OCC. The van der Waals surface area contributed by atoms with Gasteiger partial charge in [-0.2, -0.15) is 18.2 Å². The van der Waals surface area contributed by atoms with Crippen LogP contribution in [0.3, 0.4) is 0 Å². The lowest BCUT2D eigenvalue weighted by Crippen LogP contribution is -2.35. The lowest BCUT2D eigenvalue weighted by atomic mass is 9.68. The first kappa shape index (κ1) is 33.4. The van der Waals surface area contributed by atoms with Gasteiger partial charge in [0.15, 0.2) is 14.2 Å². The molecule has 0 bridgehead atoms. The van der Waals surface area contributed by atoms with E-state index >= 15 is 0 Å². The van der Waals surface area contributed by atoms with Crippen LogP contribution in [-0.4, -0.2) is 64.0 Å². The number of hydrogen-bond donors (Lipinski definition) is 2. The fourth-order valence-corrected chi connectivity index (χ4v) is 7.81. The molecule has 1 saturated carbocycles. The lowest BCUT2D eigenvalue weighted by Gasteiger charge is -2.39. The summed E-state index contributed by atoms with van der Waals surface area (Å²) in [6.07, 6.45) is 0.747. The van der Waals surface area contributed by atoms with Crippen molar-refractivity contribution < 1.29 is 32.1 Å². The zero-order chi connectivity index (χ0) is 32.4. The van der Waals surface area contributed by atoms with Crippen LogP contribution in [-0.2, 0) is 26.2 Å². The number of aliphatic hydroxyl groups is 1. The predicted molar refractivity (Wildman–Crippen MR) is 168 cm³/mol. The molecule has 5 rings (SSSR count). The van der Waals surface area contributed by atoms with Crippen molar-refractivity contribution in [3.05, 3.63) is 52.7 Å². The van der Waals surface area contributed by atoms with Gasteiger partial charge in [-0.15, -0.1) is 0 Å². The van der Waals surface area contributed by atoms with Crippen LogP contribution < -0.4 is 5.32 Å². The molecule has 13 heteroatoms. The van der Waals surface area contributed by atoms with E-state index in [1.165, 1.54) is 0 Å². The minimum Gasteiger partial charge on any atom is -0.390 e. The fourth-order valence-electron chi connectivity index (χ4n) is 6.47. The van der Waals surface area contributed by atoms with Gasteiger partial charge < -0.3 is 24.4 Å². The molecule has 1 aromatic carbocycles. The molecule has 0 saturated heterocycles. The highest BCUT2D eigenvalue weighted by Gasteiger charge is 2.43. The van der Waals surface area contributed by atoms with Gasteiger partial charge in [-0.3, -0.25) is 4.79 Å². The molecule has 1 unspecified atom stereocenters. The number of nitrogens with zero attached hydrogens (tertiary/aromatic N) is 4. The molecular weight excluding hydrogens is 606 g/mol. The molecule has 9 nitrogen and oxygen atoms in total. The summed E-state index contributed by atoms with van der Waals surface area (Å²) in [6.45, 7) is 7.23. The first-order valence-electron chi connectivity index (χ1n) is 15.5. The second kappa shape index (κ2) is 13.8. The molecule has 2 aliphatic carbocycles. The molecule has 244 valence electrons. The predicted octanol–water partition coefficient (Wildman–Crippen LogP) is 7.32. The van der Waals surface area contributed by atoms with E-state index in [0.29, 0.717) is 74.5 Å². The Morgan fingerprint density at radius 2 is 1.80 bits per heavy atom. The van der Waals surface area contributed by atoms with E-state index in [-0.39, 0.29) is 17.8 Å². The number of amides is 1. The molecule has 2 N–H and O–H groups in total. The highest BCUT2D eigenvalue weighted by molar-refractivity contribution is 7.46. The largest absolute Gasteiger partial charge is 0.421 e. The van der Waals surface area contributed by atoms with Crippen molar-refractivity contribution in [3.8, 4) is 0 Å². The number of aliphatic imine (C=N–C) groups is 1. The number of aromatic nitrogens is 2. The van der Waals surface area contributed by atoms with Crippen molar-refractivity contribution in [2.45, 2.75) is 77.2 Å². The second-order valence-electron chi connectivity index (χ2n) is 12.2. The van der Waals surface area contributed by atoms with Crippen molar-refractivity contribution in [2.24, 2.45) is 16.8 Å². The summed E-state index contributed by atoms with van der Waals surface area (Å²) in [5, 5.41) is 13.4. The number of benzene rings is 1. The minimum absolute atomic E-state index is 0.0343. The maximum Gasteiger partial charge on any atom is 0.421 e. The molecule has 1 aliphatic heterocycles. The highest BCUT2D eigenvalue weighted by Crippen LogP contribution is 2.46. The van der Waals surface area contributed by atoms with Crippen LogP contribution in [0.5, 0.6) is 0 Å². The number of rotatable bonds is 10. The molecule has 2 heterocycles. The van der Waals surface area contributed by atoms with E-state index in [1.807, 2.05) is 32.9 Å². The summed E-state index contributed by atoms with van der Waals surface area (Å²) in [5.41, 5.74) is 1.55. The Morgan fingerprint density at radius 3 is 2.42 bits per heavy atom. The van der Waals surface area contributed by atoms with Gasteiger partial charge in [0.05, 0.1) is 30.1 Å². The van der Waals surface area contributed by atoms with Crippen molar-refractivity contribution in [1.29, 1.82) is 0 Å². The van der Waals surface area contributed by atoms with Gasteiger partial charge in [-0.25, -0.2) is 9.98 Å². The average molecular weight is 648 g/mol. The average Bonchev–Trinajstić information content (AvgIpc) is 3.28. The molecule has 0 spiro atoms. The molecule has 1 atom stereocenters. The fraction of sp³-hybridized carbons (Fsp3) is 0.562. The van der Waals surface area contributed by atoms with E-state index in [1.54, 1.807) is 24.1 Å². The van der Waals surface area contributed by atoms with Crippen LogP contribution in [0, 0.1) is 11.8 Å². The van der Waals surface area contributed by atoms with Gasteiger partial charge in [0.25, 0.3) is 5.91 Å². The third-order valence-electron chi connectivity index (χ3n) is 8.78. The maximum atomic E-state index is 14.1. The second-order valence-corrected chi connectivity index (χ2v) is 13.7. The summed E-state index contributed by atoms with van der Waals surface area (Å²) >= 11 is 0. The smallest absolute Gasteiger partial charge is 0.390 e. The first-order chi connectivity index (χ1) is 21.4.